The summed E-state index contributed by atoms with van der Waals surface area (Å²) in [5.74, 6) is 2.04. The summed E-state index contributed by atoms with van der Waals surface area (Å²) in [4.78, 5) is 12.1. The molecule has 5 heteroatoms. The zero-order valence-electron chi connectivity index (χ0n) is 13.6. The molecular formula is C18H21NO4. The monoisotopic (exact) mass is 315 g/mol. The number of amides is 1. The maximum atomic E-state index is 12.1. The quantitative estimate of drug-likeness (QED) is 0.852. The largest absolute Gasteiger partial charge is 0.497 e. The number of methoxy groups -OCH3 is 3. The van der Waals surface area contributed by atoms with Crippen LogP contribution in [0.25, 0.3) is 0 Å². The van der Waals surface area contributed by atoms with Gasteiger partial charge in [0, 0.05) is 12.1 Å². The molecule has 0 aliphatic heterocycles. The van der Waals surface area contributed by atoms with Gasteiger partial charge in [-0.15, -0.1) is 0 Å². The minimum Gasteiger partial charge on any atom is -0.497 e. The molecule has 0 aliphatic rings. The van der Waals surface area contributed by atoms with Gasteiger partial charge in [0.05, 0.1) is 21.3 Å². The lowest BCUT2D eigenvalue weighted by molar-refractivity contribution is -0.116. The summed E-state index contributed by atoms with van der Waals surface area (Å²) in [5, 5.41) is 2.86. The Morgan fingerprint density at radius 1 is 0.957 bits per heavy atom. The summed E-state index contributed by atoms with van der Waals surface area (Å²) in [6.45, 7) is 0. The number of hydrogen-bond acceptors (Lipinski definition) is 4. The Morgan fingerprint density at radius 2 is 1.70 bits per heavy atom. The molecule has 0 saturated carbocycles. The maximum Gasteiger partial charge on any atom is 0.224 e. The third kappa shape index (κ3) is 4.39. The summed E-state index contributed by atoms with van der Waals surface area (Å²) < 4.78 is 15.7. The standard InChI is InChI=1S/C18H21NO4/c1-21-15-10-8-14(9-11-15)19-17(20)12-7-13-5-4-6-16(22-2)18(13)23-3/h4-6,8-11H,7,12H2,1-3H3,(H,19,20). The minimum absolute atomic E-state index is 0.0555. The molecule has 1 amide bonds. The average molecular weight is 315 g/mol. The van der Waals surface area contributed by atoms with E-state index in [1.807, 2.05) is 30.3 Å². The highest BCUT2D eigenvalue weighted by Crippen LogP contribution is 2.31. The van der Waals surface area contributed by atoms with Gasteiger partial charge in [-0.1, -0.05) is 12.1 Å². The molecule has 23 heavy (non-hydrogen) atoms. The van der Waals surface area contributed by atoms with E-state index >= 15 is 0 Å². The highest BCUT2D eigenvalue weighted by molar-refractivity contribution is 5.90. The first-order valence-electron chi connectivity index (χ1n) is 7.31. The van der Waals surface area contributed by atoms with Crippen LogP contribution >= 0.6 is 0 Å². The Kier molecular flexibility index (Phi) is 5.86. The van der Waals surface area contributed by atoms with Gasteiger partial charge in [-0.2, -0.15) is 0 Å². The SMILES string of the molecule is COc1ccc(NC(=O)CCc2cccc(OC)c2OC)cc1. The van der Waals surface area contributed by atoms with Crippen molar-refractivity contribution in [2.24, 2.45) is 0 Å². The van der Waals surface area contributed by atoms with E-state index in [-0.39, 0.29) is 5.91 Å². The van der Waals surface area contributed by atoms with Gasteiger partial charge in [0.2, 0.25) is 5.91 Å². The minimum atomic E-state index is -0.0555. The Hall–Kier alpha value is -2.69. The summed E-state index contributed by atoms with van der Waals surface area (Å²) in [6, 6.07) is 12.9. The van der Waals surface area contributed by atoms with Crippen molar-refractivity contribution in [3.8, 4) is 17.2 Å². The molecule has 2 rings (SSSR count). The van der Waals surface area contributed by atoms with Crippen LogP contribution in [0.3, 0.4) is 0 Å². The van der Waals surface area contributed by atoms with Crippen molar-refractivity contribution in [2.75, 3.05) is 26.6 Å². The lowest BCUT2D eigenvalue weighted by atomic mass is 10.1. The Labute approximate surface area is 136 Å². The van der Waals surface area contributed by atoms with Gasteiger partial charge in [-0.05, 0) is 42.3 Å². The van der Waals surface area contributed by atoms with Gasteiger partial charge < -0.3 is 19.5 Å². The molecule has 122 valence electrons. The number of ether oxygens (including phenoxy) is 3. The van der Waals surface area contributed by atoms with Gasteiger partial charge >= 0.3 is 0 Å². The van der Waals surface area contributed by atoms with E-state index < -0.39 is 0 Å². The van der Waals surface area contributed by atoms with Crippen molar-refractivity contribution < 1.29 is 19.0 Å². The molecule has 0 aliphatic carbocycles. The third-order valence-electron chi connectivity index (χ3n) is 3.48. The first-order valence-corrected chi connectivity index (χ1v) is 7.31. The maximum absolute atomic E-state index is 12.1. The lowest BCUT2D eigenvalue weighted by Crippen LogP contribution is -2.12. The van der Waals surface area contributed by atoms with Crippen LogP contribution in [0.15, 0.2) is 42.5 Å². The van der Waals surface area contributed by atoms with E-state index in [9.17, 15) is 4.79 Å². The predicted molar refractivity (Wildman–Crippen MR) is 89.5 cm³/mol. The van der Waals surface area contributed by atoms with Gasteiger partial charge in [0.15, 0.2) is 11.5 Å². The molecule has 0 saturated heterocycles. The summed E-state index contributed by atoms with van der Waals surface area (Å²) in [5.41, 5.74) is 1.69. The Bertz CT molecular complexity index is 653. The van der Waals surface area contributed by atoms with Gasteiger partial charge in [0.25, 0.3) is 0 Å². The highest BCUT2D eigenvalue weighted by Gasteiger charge is 2.11. The first kappa shape index (κ1) is 16.7. The molecule has 0 fully saturated rings. The normalized spacial score (nSPS) is 10.0. The first-order chi connectivity index (χ1) is 11.2. The van der Waals surface area contributed by atoms with Crippen LogP contribution in [0.2, 0.25) is 0 Å². The Balaban J connectivity index is 1.96. The van der Waals surface area contributed by atoms with Crippen molar-refractivity contribution in [3.63, 3.8) is 0 Å². The second kappa shape index (κ2) is 8.08. The smallest absolute Gasteiger partial charge is 0.224 e. The van der Waals surface area contributed by atoms with Gasteiger partial charge in [-0.25, -0.2) is 0 Å². The molecule has 0 spiro atoms. The number of nitrogens with one attached hydrogen (secondary N) is 1. The van der Waals surface area contributed by atoms with Crippen molar-refractivity contribution >= 4 is 11.6 Å². The van der Waals surface area contributed by atoms with Crippen molar-refractivity contribution in [1.82, 2.24) is 0 Å². The molecule has 0 unspecified atom stereocenters. The number of hydrogen-bond donors (Lipinski definition) is 1. The Morgan fingerprint density at radius 3 is 2.30 bits per heavy atom. The molecular weight excluding hydrogens is 294 g/mol. The molecule has 0 aromatic heterocycles. The van der Waals surface area contributed by atoms with Crippen molar-refractivity contribution in [2.45, 2.75) is 12.8 Å². The molecule has 2 aromatic carbocycles. The molecule has 0 radical (unpaired) electrons. The second-order valence-corrected chi connectivity index (χ2v) is 4.93. The molecule has 0 bridgehead atoms. The molecule has 0 atom stereocenters. The fourth-order valence-corrected chi connectivity index (χ4v) is 2.30. The topological polar surface area (TPSA) is 56.8 Å². The molecule has 0 heterocycles. The summed E-state index contributed by atoms with van der Waals surface area (Å²) >= 11 is 0. The molecule has 2 aromatic rings. The van der Waals surface area contributed by atoms with Crippen LogP contribution in [0.4, 0.5) is 5.69 Å². The van der Waals surface area contributed by atoms with Crippen molar-refractivity contribution in [1.29, 1.82) is 0 Å². The van der Waals surface area contributed by atoms with Gasteiger partial charge in [-0.3, -0.25) is 4.79 Å². The zero-order valence-corrected chi connectivity index (χ0v) is 13.6. The van der Waals surface area contributed by atoms with E-state index in [1.54, 1.807) is 33.5 Å². The van der Waals surface area contributed by atoms with Crippen LogP contribution in [-0.4, -0.2) is 27.2 Å². The average Bonchev–Trinajstić information content (AvgIpc) is 2.60. The number of para-hydroxylation sites is 1. The number of carbonyl (C=O) groups excluding carboxylic acids is 1. The number of carbonyl (C=O) groups is 1. The second-order valence-electron chi connectivity index (χ2n) is 4.93. The van der Waals surface area contributed by atoms with E-state index in [2.05, 4.69) is 5.32 Å². The summed E-state index contributed by atoms with van der Waals surface area (Å²) in [6.07, 6.45) is 0.928. The van der Waals surface area contributed by atoms with Crippen LogP contribution in [-0.2, 0) is 11.2 Å². The van der Waals surface area contributed by atoms with E-state index in [4.69, 9.17) is 14.2 Å². The van der Waals surface area contributed by atoms with E-state index in [0.717, 1.165) is 17.0 Å². The van der Waals surface area contributed by atoms with Crippen LogP contribution in [0, 0.1) is 0 Å². The third-order valence-corrected chi connectivity index (χ3v) is 3.48. The number of anilines is 1. The van der Waals surface area contributed by atoms with E-state index in [1.165, 1.54) is 0 Å². The zero-order chi connectivity index (χ0) is 16.7. The van der Waals surface area contributed by atoms with Crippen LogP contribution in [0.1, 0.15) is 12.0 Å². The number of aryl methyl sites for hydroxylation is 1. The van der Waals surface area contributed by atoms with Gasteiger partial charge in [0.1, 0.15) is 5.75 Å². The molecule has 5 nitrogen and oxygen atoms in total. The van der Waals surface area contributed by atoms with Crippen LogP contribution < -0.4 is 19.5 Å². The summed E-state index contributed by atoms with van der Waals surface area (Å²) in [7, 11) is 4.80. The highest BCUT2D eigenvalue weighted by atomic mass is 16.5. The number of rotatable bonds is 7. The van der Waals surface area contributed by atoms with E-state index in [0.29, 0.717) is 24.3 Å². The van der Waals surface area contributed by atoms with Crippen molar-refractivity contribution in [3.05, 3.63) is 48.0 Å². The van der Waals surface area contributed by atoms with Crippen LogP contribution in [0.5, 0.6) is 17.2 Å². The fourth-order valence-electron chi connectivity index (χ4n) is 2.30. The fraction of sp³-hybridized carbons (Fsp3) is 0.278. The molecule has 1 N–H and O–H groups in total. The lowest BCUT2D eigenvalue weighted by Gasteiger charge is -2.12. The predicted octanol–water partition coefficient (Wildman–Crippen LogP) is 3.28. The number of benzene rings is 2.